The molecule has 0 aliphatic heterocycles. The Labute approximate surface area is 210 Å². The molecule has 4 aromatic carbocycles. The standard InChI is InChI=1S/C33H36S/c1-22-7-11-28(17-26(22)5)19-29-12-8-24(3)30(20-29)13-14-31-21-33(16-10-25(31)4)34-32-15-9-23(2)27(6)18-32/h7-12,15-18,20-21H,13-14,19H2,1-6H3. The van der Waals surface area contributed by atoms with E-state index in [0.717, 1.165) is 19.3 Å². The van der Waals surface area contributed by atoms with Crippen LogP contribution in [0.1, 0.15) is 55.6 Å². The molecule has 0 bridgehead atoms. The zero-order chi connectivity index (χ0) is 24.2. The first kappa shape index (κ1) is 24.4. The monoisotopic (exact) mass is 464 g/mol. The summed E-state index contributed by atoms with van der Waals surface area (Å²) in [5, 5.41) is 0. The summed E-state index contributed by atoms with van der Waals surface area (Å²) in [5.74, 6) is 0. The Morgan fingerprint density at radius 3 is 1.53 bits per heavy atom. The molecule has 0 saturated heterocycles. The van der Waals surface area contributed by atoms with Gasteiger partial charge >= 0.3 is 0 Å². The molecule has 0 heterocycles. The number of hydrogen-bond acceptors (Lipinski definition) is 1. The topological polar surface area (TPSA) is 0 Å². The van der Waals surface area contributed by atoms with Crippen LogP contribution in [0.4, 0.5) is 0 Å². The highest BCUT2D eigenvalue weighted by Crippen LogP contribution is 2.31. The molecule has 0 saturated carbocycles. The van der Waals surface area contributed by atoms with E-state index in [0.29, 0.717) is 0 Å². The van der Waals surface area contributed by atoms with Gasteiger partial charge in [0.25, 0.3) is 0 Å². The lowest BCUT2D eigenvalue weighted by atomic mass is 9.94. The average Bonchev–Trinajstić information content (AvgIpc) is 2.81. The van der Waals surface area contributed by atoms with E-state index in [4.69, 9.17) is 0 Å². The molecule has 1 heteroatoms. The maximum absolute atomic E-state index is 2.42. The van der Waals surface area contributed by atoms with Crippen molar-refractivity contribution < 1.29 is 0 Å². The zero-order valence-corrected chi connectivity index (χ0v) is 22.3. The lowest BCUT2D eigenvalue weighted by Gasteiger charge is -2.13. The van der Waals surface area contributed by atoms with Crippen LogP contribution < -0.4 is 0 Å². The van der Waals surface area contributed by atoms with E-state index in [1.165, 1.54) is 65.4 Å². The Kier molecular flexibility index (Phi) is 7.63. The van der Waals surface area contributed by atoms with Gasteiger partial charge in [0.2, 0.25) is 0 Å². The molecule has 0 fully saturated rings. The smallest absolute Gasteiger partial charge is 0.0125 e. The first-order valence-electron chi connectivity index (χ1n) is 12.3. The summed E-state index contributed by atoms with van der Waals surface area (Å²) in [4.78, 5) is 2.64. The molecule has 0 atom stereocenters. The number of benzene rings is 4. The van der Waals surface area contributed by atoms with Crippen molar-refractivity contribution in [2.75, 3.05) is 0 Å². The Morgan fingerprint density at radius 2 is 0.912 bits per heavy atom. The van der Waals surface area contributed by atoms with E-state index < -0.39 is 0 Å². The highest BCUT2D eigenvalue weighted by Gasteiger charge is 2.08. The maximum Gasteiger partial charge on any atom is 0.0125 e. The molecule has 4 aromatic rings. The molecule has 34 heavy (non-hydrogen) atoms. The largest absolute Gasteiger partial charge is 0.0901 e. The van der Waals surface area contributed by atoms with Gasteiger partial charge in [0, 0.05) is 9.79 Å². The molecule has 0 amide bonds. The van der Waals surface area contributed by atoms with Gasteiger partial charge < -0.3 is 0 Å². The van der Waals surface area contributed by atoms with Gasteiger partial charge in [-0.1, -0.05) is 60.3 Å². The quantitative estimate of drug-likeness (QED) is 0.263. The fourth-order valence-electron chi connectivity index (χ4n) is 4.42. The van der Waals surface area contributed by atoms with E-state index in [1.54, 1.807) is 0 Å². The second kappa shape index (κ2) is 10.7. The van der Waals surface area contributed by atoms with Crippen LogP contribution in [0.5, 0.6) is 0 Å². The van der Waals surface area contributed by atoms with Crippen molar-refractivity contribution in [2.24, 2.45) is 0 Å². The minimum Gasteiger partial charge on any atom is -0.0901 e. The SMILES string of the molecule is Cc1ccc(Cc2ccc(C)c(CCc3cc(Sc4ccc(C)c(C)c4)ccc3C)c2)cc1C. The van der Waals surface area contributed by atoms with E-state index in [2.05, 4.69) is 114 Å². The fraction of sp³-hybridized carbons (Fsp3) is 0.273. The molecule has 0 aliphatic carbocycles. The summed E-state index contributed by atoms with van der Waals surface area (Å²) in [6.07, 6.45) is 3.14. The Morgan fingerprint density at radius 1 is 0.441 bits per heavy atom. The molecule has 0 spiro atoms. The first-order chi connectivity index (χ1) is 16.3. The van der Waals surface area contributed by atoms with Crippen molar-refractivity contribution in [3.63, 3.8) is 0 Å². The molecule has 4 rings (SSSR count). The van der Waals surface area contributed by atoms with Crippen LogP contribution in [0.3, 0.4) is 0 Å². The maximum atomic E-state index is 2.42. The average molecular weight is 465 g/mol. The van der Waals surface area contributed by atoms with Gasteiger partial charge in [-0.25, -0.2) is 0 Å². The zero-order valence-electron chi connectivity index (χ0n) is 21.5. The summed E-state index contributed by atoms with van der Waals surface area (Å²) in [6.45, 7) is 13.2. The van der Waals surface area contributed by atoms with E-state index in [9.17, 15) is 0 Å². The predicted octanol–water partition coefficient (Wildman–Crippen LogP) is 9.06. The van der Waals surface area contributed by atoms with Crippen LogP contribution >= 0.6 is 11.8 Å². The second-order valence-corrected chi connectivity index (χ2v) is 10.9. The molecule has 0 unspecified atom stereocenters. The van der Waals surface area contributed by atoms with E-state index >= 15 is 0 Å². The van der Waals surface area contributed by atoms with Crippen molar-refractivity contribution in [1.29, 1.82) is 0 Å². The molecular weight excluding hydrogens is 428 g/mol. The summed E-state index contributed by atoms with van der Waals surface area (Å²) in [5.41, 5.74) is 13.9. The fourth-order valence-corrected chi connectivity index (χ4v) is 5.40. The van der Waals surface area contributed by atoms with Crippen LogP contribution in [0.25, 0.3) is 0 Å². The Balaban J connectivity index is 1.48. The summed E-state index contributed by atoms with van der Waals surface area (Å²) >= 11 is 1.86. The van der Waals surface area contributed by atoms with Crippen molar-refractivity contribution in [3.8, 4) is 0 Å². The third-order valence-electron chi connectivity index (χ3n) is 7.09. The summed E-state index contributed by atoms with van der Waals surface area (Å²) in [6, 6.07) is 27.5. The lowest BCUT2D eigenvalue weighted by molar-refractivity contribution is 0.929. The lowest BCUT2D eigenvalue weighted by Crippen LogP contribution is -1.99. The number of aryl methyl sites for hydroxylation is 8. The third-order valence-corrected chi connectivity index (χ3v) is 8.07. The Bertz CT molecular complexity index is 1210. The normalized spacial score (nSPS) is 11.1. The molecular formula is C33H36S. The highest BCUT2D eigenvalue weighted by atomic mass is 32.2. The van der Waals surface area contributed by atoms with E-state index in [1.807, 2.05) is 11.8 Å². The van der Waals surface area contributed by atoms with Crippen molar-refractivity contribution >= 4 is 11.8 Å². The molecule has 0 aliphatic rings. The molecule has 0 aromatic heterocycles. The van der Waals surface area contributed by atoms with Gasteiger partial charge in [-0.3, -0.25) is 0 Å². The van der Waals surface area contributed by atoms with Gasteiger partial charge in [0.1, 0.15) is 0 Å². The number of hydrogen-bond donors (Lipinski definition) is 0. The van der Waals surface area contributed by atoms with Crippen LogP contribution in [-0.4, -0.2) is 0 Å². The van der Waals surface area contributed by atoms with Crippen LogP contribution in [0.15, 0.2) is 82.6 Å². The van der Waals surface area contributed by atoms with Crippen molar-refractivity contribution in [3.05, 3.63) is 128 Å². The van der Waals surface area contributed by atoms with Gasteiger partial charge in [-0.15, -0.1) is 0 Å². The van der Waals surface area contributed by atoms with Crippen LogP contribution in [0, 0.1) is 41.5 Å². The second-order valence-electron chi connectivity index (χ2n) is 9.79. The van der Waals surface area contributed by atoms with Gasteiger partial charge in [-0.05, 0) is 141 Å². The summed E-state index contributed by atoms with van der Waals surface area (Å²) in [7, 11) is 0. The van der Waals surface area contributed by atoms with Crippen LogP contribution in [-0.2, 0) is 19.3 Å². The minimum absolute atomic E-state index is 0.996. The van der Waals surface area contributed by atoms with Gasteiger partial charge in [0.05, 0.1) is 0 Å². The highest BCUT2D eigenvalue weighted by molar-refractivity contribution is 7.99. The Hall–Kier alpha value is -2.77. The van der Waals surface area contributed by atoms with Gasteiger partial charge in [0.15, 0.2) is 0 Å². The number of rotatable bonds is 7. The molecule has 174 valence electrons. The third kappa shape index (κ3) is 6.02. The van der Waals surface area contributed by atoms with E-state index in [-0.39, 0.29) is 0 Å². The van der Waals surface area contributed by atoms with Crippen molar-refractivity contribution in [2.45, 2.75) is 70.6 Å². The van der Waals surface area contributed by atoms with Crippen molar-refractivity contribution in [1.82, 2.24) is 0 Å². The molecule has 0 N–H and O–H groups in total. The minimum atomic E-state index is 0.996. The van der Waals surface area contributed by atoms with Crippen LogP contribution in [0.2, 0.25) is 0 Å². The predicted molar refractivity (Wildman–Crippen MR) is 149 cm³/mol. The first-order valence-corrected chi connectivity index (χ1v) is 13.1. The summed E-state index contributed by atoms with van der Waals surface area (Å²) < 4.78 is 0. The molecule has 0 nitrogen and oxygen atoms in total. The van der Waals surface area contributed by atoms with Gasteiger partial charge in [-0.2, -0.15) is 0 Å². The molecule has 0 radical (unpaired) electrons.